The van der Waals surface area contributed by atoms with Gasteiger partial charge in [-0.15, -0.1) is 11.8 Å². The van der Waals surface area contributed by atoms with Crippen LogP contribution in [-0.2, 0) is 4.79 Å². The average molecular weight is 223 g/mol. The Balaban J connectivity index is 2.23. The lowest BCUT2D eigenvalue weighted by molar-refractivity contribution is -0.116. The van der Waals surface area contributed by atoms with E-state index in [1.54, 1.807) is 11.8 Å². The monoisotopic (exact) mass is 223 g/mol. The molecule has 1 atom stereocenters. The van der Waals surface area contributed by atoms with Crippen molar-refractivity contribution in [2.24, 2.45) is 0 Å². The molecule has 0 saturated heterocycles. The van der Waals surface area contributed by atoms with E-state index in [4.69, 9.17) is 5.11 Å². The van der Waals surface area contributed by atoms with E-state index in [1.165, 1.54) is 0 Å². The van der Waals surface area contributed by atoms with E-state index in [0.717, 1.165) is 10.6 Å². The van der Waals surface area contributed by atoms with Crippen LogP contribution >= 0.6 is 11.8 Å². The Labute approximate surface area is 92.9 Å². The van der Waals surface area contributed by atoms with Crippen LogP contribution in [0.15, 0.2) is 29.2 Å². The summed E-state index contributed by atoms with van der Waals surface area (Å²) < 4.78 is 0. The summed E-state index contributed by atoms with van der Waals surface area (Å²) in [7, 11) is 0. The second-order valence-corrected chi connectivity index (χ2v) is 4.84. The molecular formula is C11H13NO2S. The third-order valence-electron chi connectivity index (χ3n) is 2.32. The van der Waals surface area contributed by atoms with Gasteiger partial charge in [-0.3, -0.25) is 4.79 Å². The van der Waals surface area contributed by atoms with E-state index in [2.05, 4.69) is 5.32 Å². The van der Waals surface area contributed by atoms with Gasteiger partial charge in [0.2, 0.25) is 5.91 Å². The van der Waals surface area contributed by atoms with Gasteiger partial charge in [-0.25, -0.2) is 0 Å². The first-order chi connectivity index (χ1) is 7.29. The number of thioether (sulfide) groups is 1. The molecule has 4 heteroatoms. The van der Waals surface area contributed by atoms with Gasteiger partial charge >= 0.3 is 0 Å². The Bertz CT molecular complexity index is 367. The van der Waals surface area contributed by atoms with Crippen molar-refractivity contribution in [3.63, 3.8) is 0 Å². The van der Waals surface area contributed by atoms with Crippen LogP contribution in [0.2, 0.25) is 0 Å². The molecule has 15 heavy (non-hydrogen) atoms. The molecule has 1 aromatic rings. The molecule has 0 spiro atoms. The van der Waals surface area contributed by atoms with Crippen LogP contribution in [0.5, 0.6) is 0 Å². The normalized spacial score (nSPS) is 20.3. The third kappa shape index (κ3) is 2.52. The van der Waals surface area contributed by atoms with Gasteiger partial charge in [-0.05, 0) is 18.6 Å². The van der Waals surface area contributed by atoms with E-state index in [-0.39, 0.29) is 17.8 Å². The summed E-state index contributed by atoms with van der Waals surface area (Å²) in [5, 5.41) is 11.9. The lowest BCUT2D eigenvalue weighted by Crippen LogP contribution is -2.15. The minimum absolute atomic E-state index is 0.0332. The lowest BCUT2D eigenvalue weighted by Gasteiger charge is -2.10. The maximum Gasteiger partial charge on any atom is 0.225 e. The number of nitrogens with one attached hydrogen (secondary N) is 1. The number of aliphatic hydroxyl groups is 1. The van der Waals surface area contributed by atoms with Gasteiger partial charge in [0, 0.05) is 23.2 Å². The summed E-state index contributed by atoms with van der Waals surface area (Å²) in [5.41, 5.74) is 0.882. The Hall–Kier alpha value is -1.00. The van der Waals surface area contributed by atoms with Crippen molar-refractivity contribution in [2.75, 3.05) is 11.9 Å². The smallest absolute Gasteiger partial charge is 0.225 e. The van der Waals surface area contributed by atoms with Crippen LogP contribution in [0.4, 0.5) is 5.69 Å². The van der Waals surface area contributed by atoms with E-state index < -0.39 is 0 Å². The molecule has 0 aromatic heterocycles. The summed E-state index contributed by atoms with van der Waals surface area (Å²) in [5.74, 6) is 0.0332. The zero-order valence-electron chi connectivity index (χ0n) is 8.27. The molecule has 0 bridgehead atoms. The van der Waals surface area contributed by atoms with Gasteiger partial charge in [-0.2, -0.15) is 0 Å². The minimum Gasteiger partial charge on any atom is -0.396 e. The van der Waals surface area contributed by atoms with Gasteiger partial charge in [0.25, 0.3) is 0 Å². The number of fused-ring (bicyclic) bond motifs is 1. The van der Waals surface area contributed by atoms with E-state index in [1.807, 2.05) is 24.3 Å². The highest BCUT2D eigenvalue weighted by Gasteiger charge is 2.21. The third-order valence-corrected chi connectivity index (χ3v) is 3.66. The Kier molecular flexibility index (Phi) is 3.28. The standard InChI is InChI=1S/C11H13NO2S/c13-6-5-8-7-11(14)12-9-3-1-2-4-10(9)15-8/h1-4,8,13H,5-7H2,(H,12,14). The fraction of sp³-hybridized carbons (Fsp3) is 0.364. The fourth-order valence-corrected chi connectivity index (χ4v) is 2.83. The number of carbonyl (C=O) groups is 1. The summed E-state index contributed by atoms with van der Waals surface area (Å²) in [6.45, 7) is 0.132. The number of rotatable bonds is 2. The van der Waals surface area contributed by atoms with E-state index in [9.17, 15) is 4.79 Å². The number of anilines is 1. The van der Waals surface area contributed by atoms with Crippen LogP contribution in [-0.4, -0.2) is 22.9 Å². The maximum absolute atomic E-state index is 11.5. The van der Waals surface area contributed by atoms with Crippen LogP contribution in [0.25, 0.3) is 0 Å². The number of para-hydroxylation sites is 1. The molecule has 80 valence electrons. The molecule has 1 unspecified atom stereocenters. The molecular weight excluding hydrogens is 210 g/mol. The first-order valence-electron chi connectivity index (χ1n) is 4.96. The maximum atomic E-state index is 11.5. The SMILES string of the molecule is O=C1CC(CCO)Sc2ccccc2N1. The number of aliphatic hydroxyl groups excluding tert-OH is 1. The van der Waals surface area contributed by atoms with Crippen molar-refractivity contribution >= 4 is 23.4 Å². The van der Waals surface area contributed by atoms with Crippen molar-refractivity contribution in [3.05, 3.63) is 24.3 Å². The van der Waals surface area contributed by atoms with Gasteiger partial charge < -0.3 is 10.4 Å². The summed E-state index contributed by atoms with van der Waals surface area (Å²) in [6, 6.07) is 7.77. The number of amides is 1. The second kappa shape index (κ2) is 4.68. The highest BCUT2D eigenvalue weighted by atomic mass is 32.2. The first-order valence-corrected chi connectivity index (χ1v) is 5.84. The van der Waals surface area contributed by atoms with Crippen LogP contribution in [0.3, 0.4) is 0 Å². The highest BCUT2D eigenvalue weighted by molar-refractivity contribution is 8.00. The molecule has 2 N–H and O–H groups in total. The molecule has 1 aliphatic heterocycles. The molecule has 1 amide bonds. The Morgan fingerprint density at radius 1 is 1.47 bits per heavy atom. The summed E-state index contributed by atoms with van der Waals surface area (Å²) >= 11 is 1.66. The van der Waals surface area contributed by atoms with Crippen LogP contribution < -0.4 is 5.32 Å². The largest absolute Gasteiger partial charge is 0.396 e. The lowest BCUT2D eigenvalue weighted by atomic mass is 10.2. The van der Waals surface area contributed by atoms with Gasteiger partial charge in [0.05, 0.1) is 5.69 Å². The first kappa shape index (κ1) is 10.5. The van der Waals surface area contributed by atoms with Crippen molar-refractivity contribution in [3.8, 4) is 0 Å². The molecule has 1 aliphatic rings. The van der Waals surface area contributed by atoms with Gasteiger partial charge in [0.15, 0.2) is 0 Å². The van der Waals surface area contributed by atoms with Crippen LogP contribution in [0, 0.1) is 0 Å². The van der Waals surface area contributed by atoms with Gasteiger partial charge in [-0.1, -0.05) is 12.1 Å². The average Bonchev–Trinajstić information content (AvgIpc) is 2.35. The molecule has 0 fully saturated rings. The quantitative estimate of drug-likeness (QED) is 0.804. The summed E-state index contributed by atoms with van der Waals surface area (Å²) in [6.07, 6.45) is 1.13. The number of hydrogen-bond acceptors (Lipinski definition) is 3. The molecule has 0 aliphatic carbocycles. The molecule has 3 nitrogen and oxygen atoms in total. The Morgan fingerprint density at radius 3 is 3.07 bits per heavy atom. The molecule has 0 radical (unpaired) electrons. The van der Waals surface area contributed by atoms with Crippen molar-refractivity contribution in [2.45, 2.75) is 23.0 Å². The molecule has 1 heterocycles. The minimum atomic E-state index is 0.0332. The van der Waals surface area contributed by atoms with E-state index >= 15 is 0 Å². The molecule has 2 rings (SSSR count). The molecule has 1 aromatic carbocycles. The number of hydrogen-bond donors (Lipinski definition) is 2. The predicted octanol–water partition coefficient (Wildman–Crippen LogP) is 1.87. The molecule has 0 saturated carbocycles. The second-order valence-electron chi connectivity index (χ2n) is 3.50. The number of carbonyl (C=O) groups excluding carboxylic acids is 1. The van der Waals surface area contributed by atoms with Crippen molar-refractivity contribution in [1.82, 2.24) is 0 Å². The van der Waals surface area contributed by atoms with Crippen molar-refractivity contribution in [1.29, 1.82) is 0 Å². The topological polar surface area (TPSA) is 49.3 Å². The predicted molar refractivity (Wildman–Crippen MR) is 61.0 cm³/mol. The Morgan fingerprint density at radius 2 is 2.27 bits per heavy atom. The number of benzene rings is 1. The van der Waals surface area contributed by atoms with Gasteiger partial charge in [0.1, 0.15) is 0 Å². The zero-order chi connectivity index (χ0) is 10.7. The van der Waals surface area contributed by atoms with Crippen molar-refractivity contribution < 1.29 is 9.90 Å². The van der Waals surface area contributed by atoms with Crippen LogP contribution in [0.1, 0.15) is 12.8 Å². The van der Waals surface area contributed by atoms with E-state index in [0.29, 0.717) is 12.8 Å². The highest BCUT2D eigenvalue weighted by Crippen LogP contribution is 2.35. The zero-order valence-corrected chi connectivity index (χ0v) is 9.09. The summed E-state index contributed by atoms with van der Waals surface area (Å²) in [4.78, 5) is 12.6. The fourth-order valence-electron chi connectivity index (χ4n) is 1.61.